The average molecular weight is 456 g/mol. The predicted molar refractivity (Wildman–Crippen MR) is 123 cm³/mol. The first kappa shape index (κ1) is 22.0. The molecule has 0 saturated carbocycles. The molecule has 0 unspecified atom stereocenters. The number of hydrogen-bond acceptors (Lipinski definition) is 6. The highest BCUT2D eigenvalue weighted by molar-refractivity contribution is 6.31. The highest BCUT2D eigenvalue weighted by Crippen LogP contribution is 2.28. The highest BCUT2D eigenvalue weighted by Gasteiger charge is 2.17. The number of carbonyl (C=O) groups excluding carboxylic acids is 1. The number of phenols is 1. The average Bonchev–Trinajstić information content (AvgIpc) is 3.01. The van der Waals surface area contributed by atoms with E-state index >= 15 is 0 Å². The first-order valence-electron chi connectivity index (χ1n) is 10.3. The van der Waals surface area contributed by atoms with Crippen LogP contribution in [0.2, 0.25) is 5.02 Å². The van der Waals surface area contributed by atoms with Crippen molar-refractivity contribution in [2.75, 3.05) is 43.4 Å². The summed E-state index contributed by atoms with van der Waals surface area (Å²) in [5.74, 6) is -0.935. The molecule has 1 amide bonds. The molecule has 0 bridgehead atoms. The normalized spacial score (nSPS) is 14.8. The zero-order valence-electron chi connectivity index (χ0n) is 17.6. The monoisotopic (exact) mass is 455 g/mol. The molecule has 0 aliphatic carbocycles. The molecule has 1 fully saturated rings. The maximum absolute atomic E-state index is 14.0. The standard InChI is InChI=1S/C23H23ClFN5O2/c1-29-8-3-9-30(11-10-29)23-26-13-16(14-27-23)15-6-7-17(20(31)12-15)22(32)28-19-5-2-4-18(24)21(19)25/h2,4-7,12-14,31H,3,8-11H2,1H3,(H,28,32). The summed E-state index contributed by atoms with van der Waals surface area (Å²) in [4.78, 5) is 25.9. The summed E-state index contributed by atoms with van der Waals surface area (Å²) in [6.45, 7) is 3.79. The second-order valence-electron chi connectivity index (χ2n) is 7.70. The molecule has 2 aromatic carbocycles. The number of nitrogens with one attached hydrogen (secondary N) is 1. The number of halogens is 2. The number of phenolic OH excluding ortho intramolecular Hbond substituents is 1. The maximum Gasteiger partial charge on any atom is 0.259 e. The molecule has 2 heterocycles. The summed E-state index contributed by atoms with van der Waals surface area (Å²) in [5.41, 5.74) is 1.33. The molecule has 0 spiro atoms. The van der Waals surface area contributed by atoms with Gasteiger partial charge in [-0.15, -0.1) is 0 Å². The molecular weight excluding hydrogens is 433 g/mol. The fourth-order valence-corrected chi connectivity index (χ4v) is 3.75. The van der Waals surface area contributed by atoms with Crippen molar-refractivity contribution in [3.63, 3.8) is 0 Å². The zero-order chi connectivity index (χ0) is 22.7. The molecule has 7 nitrogen and oxygen atoms in total. The van der Waals surface area contributed by atoms with Crippen LogP contribution in [0.15, 0.2) is 48.8 Å². The number of nitrogens with zero attached hydrogens (tertiary/aromatic N) is 4. The van der Waals surface area contributed by atoms with Crippen molar-refractivity contribution >= 4 is 29.1 Å². The molecule has 9 heteroatoms. The molecule has 0 atom stereocenters. The lowest BCUT2D eigenvalue weighted by Crippen LogP contribution is -2.30. The second kappa shape index (κ2) is 9.50. The first-order chi connectivity index (χ1) is 15.4. The lowest BCUT2D eigenvalue weighted by Gasteiger charge is -2.20. The maximum atomic E-state index is 14.0. The van der Waals surface area contributed by atoms with Crippen LogP contribution in [0, 0.1) is 5.82 Å². The quantitative estimate of drug-likeness (QED) is 0.618. The third-order valence-electron chi connectivity index (χ3n) is 5.42. The van der Waals surface area contributed by atoms with E-state index in [4.69, 9.17) is 11.6 Å². The van der Waals surface area contributed by atoms with Crippen molar-refractivity contribution in [1.82, 2.24) is 14.9 Å². The molecule has 1 saturated heterocycles. The Hall–Kier alpha value is -3.23. The van der Waals surface area contributed by atoms with Gasteiger partial charge in [-0.25, -0.2) is 14.4 Å². The fourth-order valence-electron chi connectivity index (χ4n) is 3.57. The van der Waals surface area contributed by atoms with Crippen molar-refractivity contribution in [3.05, 3.63) is 65.2 Å². The second-order valence-corrected chi connectivity index (χ2v) is 8.11. The summed E-state index contributed by atoms with van der Waals surface area (Å²) in [6.07, 6.45) is 4.46. The van der Waals surface area contributed by atoms with E-state index in [0.29, 0.717) is 17.1 Å². The van der Waals surface area contributed by atoms with Crippen molar-refractivity contribution in [3.8, 4) is 16.9 Å². The van der Waals surface area contributed by atoms with E-state index in [-0.39, 0.29) is 22.0 Å². The summed E-state index contributed by atoms with van der Waals surface area (Å²) in [6, 6.07) is 8.92. The van der Waals surface area contributed by atoms with Gasteiger partial charge in [0.15, 0.2) is 5.82 Å². The van der Waals surface area contributed by atoms with E-state index in [1.807, 2.05) is 0 Å². The smallest absolute Gasteiger partial charge is 0.259 e. The Morgan fingerprint density at radius 2 is 1.88 bits per heavy atom. The summed E-state index contributed by atoms with van der Waals surface area (Å²) < 4.78 is 14.0. The van der Waals surface area contributed by atoms with Gasteiger partial charge in [-0.05, 0) is 49.8 Å². The van der Waals surface area contributed by atoms with Gasteiger partial charge in [-0.1, -0.05) is 23.7 Å². The number of carbonyl (C=O) groups is 1. The lowest BCUT2D eigenvalue weighted by atomic mass is 10.1. The van der Waals surface area contributed by atoms with Gasteiger partial charge in [0.05, 0.1) is 16.3 Å². The van der Waals surface area contributed by atoms with Gasteiger partial charge in [0, 0.05) is 37.6 Å². The number of anilines is 2. The molecule has 3 aromatic rings. The zero-order valence-corrected chi connectivity index (χ0v) is 18.3. The van der Waals surface area contributed by atoms with Gasteiger partial charge in [0.25, 0.3) is 5.91 Å². The van der Waals surface area contributed by atoms with Crippen molar-refractivity contribution in [1.29, 1.82) is 0 Å². The van der Waals surface area contributed by atoms with E-state index in [9.17, 15) is 14.3 Å². The van der Waals surface area contributed by atoms with Crippen LogP contribution in [0.3, 0.4) is 0 Å². The Balaban J connectivity index is 1.49. The van der Waals surface area contributed by atoms with Crippen LogP contribution in [0.1, 0.15) is 16.8 Å². The minimum absolute atomic E-state index is 0.0133. The Morgan fingerprint density at radius 1 is 1.09 bits per heavy atom. The van der Waals surface area contributed by atoms with Crippen molar-refractivity contribution in [2.24, 2.45) is 0 Å². The van der Waals surface area contributed by atoms with Crippen LogP contribution in [0.25, 0.3) is 11.1 Å². The molecule has 0 radical (unpaired) electrons. The van der Waals surface area contributed by atoms with Crippen molar-refractivity contribution < 1.29 is 14.3 Å². The summed E-state index contributed by atoms with van der Waals surface area (Å²) in [7, 11) is 2.11. The Bertz CT molecular complexity index is 1130. The van der Waals surface area contributed by atoms with Gasteiger partial charge in [0.2, 0.25) is 5.95 Å². The van der Waals surface area contributed by atoms with Gasteiger partial charge in [-0.3, -0.25) is 4.79 Å². The number of rotatable bonds is 4. The number of benzene rings is 2. The van der Waals surface area contributed by atoms with Crippen LogP contribution in [0.4, 0.5) is 16.0 Å². The predicted octanol–water partition coefficient (Wildman–Crippen LogP) is 4.04. The van der Waals surface area contributed by atoms with Gasteiger partial charge < -0.3 is 20.2 Å². The van der Waals surface area contributed by atoms with Crippen LogP contribution in [-0.2, 0) is 0 Å². The first-order valence-corrected chi connectivity index (χ1v) is 10.6. The van der Waals surface area contributed by atoms with Gasteiger partial charge >= 0.3 is 0 Å². The van der Waals surface area contributed by atoms with Crippen LogP contribution in [-0.4, -0.2) is 59.1 Å². The number of aromatic hydroxyl groups is 1. The highest BCUT2D eigenvalue weighted by atomic mass is 35.5. The molecule has 32 heavy (non-hydrogen) atoms. The van der Waals surface area contributed by atoms with Gasteiger partial charge in [0.1, 0.15) is 5.75 Å². The molecule has 166 valence electrons. The molecule has 1 aromatic heterocycles. The third kappa shape index (κ3) is 4.81. The number of likely N-dealkylation sites (N-methyl/N-ethyl adjacent to an activating group) is 1. The molecule has 1 aliphatic heterocycles. The van der Waals surface area contributed by atoms with E-state index in [2.05, 4.69) is 32.1 Å². The molecule has 2 N–H and O–H groups in total. The Labute approximate surface area is 190 Å². The number of amides is 1. The van der Waals surface area contributed by atoms with Crippen LogP contribution < -0.4 is 10.2 Å². The fraction of sp³-hybridized carbons (Fsp3) is 0.261. The number of aromatic nitrogens is 2. The molecule has 4 rings (SSSR count). The summed E-state index contributed by atoms with van der Waals surface area (Å²) in [5, 5.41) is 12.7. The minimum atomic E-state index is -0.730. The number of hydrogen-bond donors (Lipinski definition) is 2. The van der Waals surface area contributed by atoms with Crippen LogP contribution in [0.5, 0.6) is 5.75 Å². The molecular formula is C23H23ClFN5O2. The third-order valence-corrected chi connectivity index (χ3v) is 5.71. The van der Waals surface area contributed by atoms with Crippen molar-refractivity contribution in [2.45, 2.75) is 6.42 Å². The summed E-state index contributed by atoms with van der Waals surface area (Å²) >= 11 is 5.75. The van der Waals surface area contributed by atoms with Crippen LogP contribution >= 0.6 is 11.6 Å². The minimum Gasteiger partial charge on any atom is -0.507 e. The van der Waals surface area contributed by atoms with E-state index in [0.717, 1.165) is 32.6 Å². The lowest BCUT2D eigenvalue weighted by molar-refractivity contribution is 0.102. The van der Waals surface area contributed by atoms with E-state index in [1.165, 1.54) is 30.3 Å². The van der Waals surface area contributed by atoms with Gasteiger partial charge in [-0.2, -0.15) is 0 Å². The largest absolute Gasteiger partial charge is 0.507 e. The van der Waals surface area contributed by atoms with E-state index < -0.39 is 11.7 Å². The SMILES string of the molecule is CN1CCCN(c2ncc(-c3ccc(C(=O)Nc4cccc(Cl)c4F)c(O)c3)cn2)CC1. The molecule has 1 aliphatic rings. The Kier molecular flexibility index (Phi) is 6.53. The van der Waals surface area contributed by atoms with E-state index in [1.54, 1.807) is 18.5 Å². The topological polar surface area (TPSA) is 81.6 Å². The Morgan fingerprint density at radius 3 is 2.62 bits per heavy atom.